The summed E-state index contributed by atoms with van der Waals surface area (Å²) in [5, 5.41) is 11.6. The Bertz CT molecular complexity index is 1070. The normalized spacial score (nSPS) is 39.0. The highest BCUT2D eigenvalue weighted by Crippen LogP contribution is 2.64. The molecule has 0 aromatic heterocycles. The Morgan fingerprint density at radius 3 is 2.19 bits per heavy atom. The maximum absolute atomic E-state index is 12.9. The Morgan fingerprint density at radius 1 is 1.02 bits per heavy atom. The smallest absolute Gasteiger partial charge is 0.302 e. The summed E-state index contributed by atoms with van der Waals surface area (Å²) < 4.78 is 33.0. The lowest BCUT2D eigenvalue weighted by Gasteiger charge is -2.62. The minimum absolute atomic E-state index is 0.00890. The molecule has 0 amide bonds. The minimum Gasteiger partial charge on any atom is -0.463 e. The number of aliphatic hydroxyl groups is 1. The third kappa shape index (κ3) is 5.66. The third-order valence-corrected chi connectivity index (χ3v) is 16.2. The van der Waals surface area contributed by atoms with Crippen LogP contribution in [0.4, 0.5) is 0 Å². The zero-order chi connectivity index (χ0) is 31.5. The molecule has 9 heteroatoms. The molecule has 1 N–H and O–H groups in total. The molecule has 8 nitrogen and oxygen atoms in total. The molecule has 240 valence electrons. The summed E-state index contributed by atoms with van der Waals surface area (Å²) in [6, 6.07) is 3.07. The summed E-state index contributed by atoms with van der Waals surface area (Å²) in [5.74, 6) is -2.25. The Kier molecular flexibility index (Phi) is 9.28. The second-order valence-corrected chi connectivity index (χ2v) is 19.5. The van der Waals surface area contributed by atoms with Crippen molar-refractivity contribution in [1.29, 1.82) is 0 Å². The summed E-state index contributed by atoms with van der Waals surface area (Å²) in [7, 11) is -2.07. The van der Waals surface area contributed by atoms with Gasteiger partial charge in [-0.1, -0.05) is 41.5 Å². The molecule has 1 saturated heterocycles. The van der Waals surface area contributed by atoms with Gasteiger partial charge in [0, 0.05) is 25.7 Å². The van der Waals surface area contributed by atoms with Crippen LogP contribution in [0.15, 0.2) is 11.1 Å². The number of carbonyl (C=O) groups is 2. The second-order valence-electron chi connectivity index (χ2n) is 14.8. The number of carbonyl (C=O) groups excluding carboxylic acids is 2. The molecule has 1 aliphatic heterocycles. The molecular weight excluding hydrogens is 552 g/mol. The summed E-state index contributed by atoms with van der Waals surface area (Å²) >= 11 is 0. The lowest BCUT2D eigenvalue weighted by atomic mass is 9.48. The number of hydrogen-bond donors (Lipinski definition) is 1. The van der Waals surface area contributed by atoms with E-state index in [2.05, 4.69) is 48.5 Å². The Balaban J connectivity index is 2.00. The van der Waals surface area contributed by atoms with E-state index in [9.17, 15) is 14.7 Å². The fraction of sp³-hybridized carbons (Fsp3) is 0.879. The summed E-state index contributed by atoms with van der Waals surface area (Å²) in [6.45, 7) is 22.2. The van der Waals surface area contributed by atoms with Gasteiger partial charge in [-0.2, -0.15) is 0 Å². The number of esters is 2. The van der Waals surface area contributed by atoms with Crippen LogP contribution in [0, 0.1) is 22.7 Å². The van der Waals surface area contributed by atoms with E-state index in [1.807, 2.05) is 13.8 Å². The lowest BCUT2D eigenvalue weighted by molar-refractivity contribution is -0.242. The first kappa shape index (κ1) is 33.6. The van der Waals surface area contributed by atoms with Gasteiger partial charge in [0.25, 0.3) is 0 Å². The SMILES string of the molecule is CC[Si](CC)(CC)O[C@H]1C[C@]2(C)CC[C@@H]3OC(C)(C)O[C@]3(COC(C)=O)[C@H]2[C@H](OC(C)=O)[C@@H]2C[C@H](O)C(C)=C1C2(C)C. The fourth-order valence-corrected chi connectivity index (χ4v) is 12.2. The van der Waals surface area contributed by atoms with Crippen LogP contribution in [-0.2, 0) is 33.0 Å². The number of hydrogen-bond acceptors (Lipinski definition) is 8. The van der Waals surface area contributed by atoms with Crippen LogP contribution in [0.3, 0.4) is 0 Å². The summed E-state index contributed by atoms with van der Waals surface area (Å²) in [4.78, 5) is 25.2. The Morgan fingerprint density at radius 2 is 1.64 bits per heavy atom. The number of rotatable bonds is 8. The first-order valence-corrected chi connectivity index (χ1v) is 18.7. The first-order valence-electron chi connectivity index (χ1n) is 16.2. The van der Waals surface area contributed by atoms with Gasteiger partial charge in [-0.25, -0.2) is 0 Å². The average Bonchev–Trinajstić information content (AvgIpc) is 3.16. The highest BCUT2D eigenvalue weighted by atomic mass is 28.4. The van der Waals surface area contributed by atoms with E-state index in [1.165, 1.54) is 13.8 Å². The average molecular weight is 609 g/mol. The first-order chi connectivity index (χ1) is 19.4. The minimum atomic E-state index is -2.07. The van der Waals surface area contributed by atoms with Crippen LogP contribution in [0.25, 0.3) is 0 Å². The van der Waals surface area contributed by atoms with Crippen molar-refractivity contribution in [2.45, 2.75) is 156 Å². The predicted octanol–water partition coefficient (Wildman–Crippen LogP) is 6.31. The van der Waals surface area contributed by atoms with Gasteiger partial charge in [0.1, 0.15) is 18.3 Å². The van der Waals surface area contributed by atoms with Gasteiger partial charge in [-0.3, -0.25) is 9.59 Å². The standard InChI is InChI=1S/C33H56O8Si/c1-12-42(13-2,14-3)40-25-18-32(11)16-15-26-33(19-37-21(5)34,41-31(9,10)39-26)29(32)28(38-22(6)35)23-17-24(36)20(4)27(25)30(23,7)8/h23-26,28-29,36H,12-19H2,1-11H3/t23-,24-,25-,26-,28+,29-,32-,33-/m0/s1. The largest absolute Gasteiger partial charge is 0.463 e. The molecule has 3 aliphatic carbocycles. The molecule has 4 rings (SSSR count). The molecule has 1 heterocycles. The van der Waals surface area contributed by atoms with E-state index < -0.39 is 48.7 Å². The van der Waals surface area contributed by atoms with Crippen LogP contribution in [-0.4, -0.2) is 67.8 Å². The number of fused-ring (bicyclic) bond motifs is 5. The van der Waals surface area contributed by atoms with Gasteiger partial charge < -0.3 is 28.5 Å². The molecular formula is C33H56O8Si. The predicted molar refractivity (Wildman–Crippen MR) is 163 cm³/mol. The molecule has 0 unspecified atom stereocenters. The van der Waals surface area contributed by atoms with Crippen molar-refractivity contribution in [2.24, 2.45) is 22.7 Å². The van der Waals surface area contributed by atoms with Gasteiger partial charge in [0.05, 0.1) is 18.3 Å². The molecule has 0 aromatic carbocycles. The van der Waals surface area contributed by atoms with Crippen molar-refractivity contribution in [2.75, 3.05) is 6.61 Å². The maximum Gasteiger partial charge on any atom is 0.302 e. The quantitative estimate of drug-likeness (QED) is 0.195. The Labute approximate surface area is 254 Å². The van der Waals surface area contributed by atoms with Crippen LogP contribution in [0.1, 0.15) is 102 Å². The Hall–Kier alpha value is -1.26. The molecule has 2 saturated carbocycles. The van der Waals surface area contributed by atoms with Crippen LogP contribution in [0.2, 0.25) is 18.1 Å². The van der Waals surface area contributed by atoms with Gasteiger partial charge >= 0.3 is 11.9 Å². The zero-order valence-corrected chi connectivity index (χ0v) is 28.9. The van der Waals surface area contributed by atoms with Crippen LogP contribution >= 0.6 is 0 Å². The summed E-state index contributed by atoms with van der Waals surface area (Å²) in [6.07, 6.45) is 0.897. The fourth-order valence-electron chi connectivity index (χ4n) is 9.41. The van der Waals surface area contributed by atoms with E-state index in [0.717, 1.165) is 42.1 Å². The van der Waals surface area contributed by atoms with Gasteiger partial charge in [0.2, 0.25) is 0 Å². The van der Waals surface area contributed by atoms with Gasteiger partial charge in [0.15, 0.2) is 14.1 Å². The maximum atomic E-state index is 12.9. The molecule has 42 heavy (non-hydrogen) atoms. The van der Waals surface area contributed by atoms with E-state index >= 15 is 0 Å². The van der Waals surface area contributed by atoms with Crippen LogP contribution < -0.4 is 0 Å². The molecule has 0 spiro atoms. The van der Waals surface area contributed by atoms with Crippen molar-refractivity contribution in [3.8, 4) is 0 Å². The van der Waals surface area contributed by atoms with Crippen molar-refractivity contribution in [3.05, 3.63) is 11.1 Å². The highest BCUT2D eigenvalue weighted by Gasteiger charge is 2.70. The van der Waals surface area contributed by atoms with E-state index in [1.54, 1.807) is 0 Å². The topological polar surface area (TPSA) is 101 Å². The molecule has 2 bridgehead atoms. The molecule has 4 aliphatic rings. The van der Waals surface area contributed by atoms with E-state index in [4.69, 9.17) is 23.4 Å². The van der Waals surface area contributed by atoms with Gasteiger partial charge in [-0.15, -0.1) is 0 Å². The third-order valence-electron chi connectivity index (χ3n) is 11.5. The van der Waals surface area contributed by atoms with E-state index in [0.29, 0.717) is 12.8 Å². The van der Waals surface area contributed by atoms with Crippen molar-refractivity contribution in [3.63, 3.8) is 0 Å². The van der Waals surface area contributed by atoms with Crippen molar-refractivity contribution >= 4 is 20.3 Å². The van der Waals surface area contributed by atoms with Crippen molar-refractivity contribution < 1.29 is 38.1 Å². The van der Waals surface area contributed by atoms with Crippen LogP contribution in [0.5, 0.6) is 0 Å². The number of aliphatic hydroxyl groups excluding tert-OH is 1. The molecule has 3 fully saturated rings. The number of ether oxygens (including phenoxy) is 4. The summed E-state index contributed by atoms with van der Waals surface area (Å²) in [5.41, 5.74) is 0.283. The monoisotopic (exact) mass is 608 g/mol. The zero-order valence-electron chi connectivity index (χ0n) is 27.9. The second kappa shape index (κ2) is 11.6. The van der Waals surface area contributed by atoms with Crippen molar-refractivity contribution in [1.82, 2.24) is 0 Å². The van der Waals surface area contributed by atoms with Gasteiger partial charge in [-0.05, 0) is 86.6 Å². The highest BCUT2D eigenvalue weighted by molar-refractivity contribution is 6.73. The molecule has 0 aromatic rings. The molecule has 8 atom stereocenters. The molecule has 0 radical (unpaired) electrons. The van der Waals surface area contributed by atoms with E-state index in [-0.39, 0.29) is 36.6 Å². The lowest BCUT2D eigenvalue weighted by Crippen LogP contribution is -2.68.